The molecule has 24 heavy (non-hydrogen) atoms. The molecule has 0 N–H and O–H groups in total. The second kappa shape index (κ2) is 9.63. The Morgan fingerprint density at radius 2 is 0.792 bits per heavy atom. The van der Waals surface area contributed by atoms with Crippen LogP contribution in [0.3, 0.4) is 0 Å². The van der Waals surface area contributed by atoms with Gasteiger partial charge in [0.05, 0.1) is 0 Å². The first kappa shape index (κ1) is 20.3. The second-order valence-electron chi connectivity index (χ2n) is 10.3. The van der Waals surface area contributed by atoms with Crippen LogP contribution in [0.15, 0.2) is 0 Å². The fraction of sp³-hybridized carbons (Fsp3) is 1.00. The summed E-state index contributed by atoms with van der Waals surface area (Å²) < 4.78 is 0. The number of fused-ring (bicyclic) bond motifs is 1. The summed E-state index contributed by atoms with van der Waals surface area (Å²) in [6, 6.07) is 0. The molecule has 0 bridgehead atoms. The minimum atomic E-state index is 0.914. The van der Waals surface area contributed by atoms with Crippen LogP contribution >= 0.6 is 0 Å². The molecule has 0 heterocycles. The monoisotopic (exact) mass is 334 g/mol. The second-order valence-corrected chi connectivity index (χ2v) is 10.3. The zero-order valence-corrected chi connectivity index (χ0v) is 17.7. The van der Waals surface area contributed by atoms with Gasteiger partial charge in [-0.15, -0.1) is 0 Å². The van der Waals surface area contributed by atoms with E-state index >= 15 is 0 Å². The predicted octanol–water partition coefficient (Wildman–Crippen LogP) is 7.96. The van der Waals surface area contributed by atoms with Crippen molar-refractivity contribution in [2.45, 2.75) is 106 Å². The van der Waals surface area contributed by atoms with Crippen LogP contribution in [0, 0.1) is 47.3 Å². The lowest BCUT2D eigenvalue weighted by atomic mass is 9.81. The fourth-order valence-electron chi connectivity index (χ4n) is 5.07. The molecule has 0 spiro atoms. The van der Waals surface area contributed by atoms with E-state index in [2.05, 4.69) is 41.5 Å². The highest BCUT2D eigenvalue weighted by Gasteiger charge is 2.37. The van der Waals surface area contributed by atoms with Crippen molar-refractivity contribution in [1.82, 2.24) is 0 Å². The van der Waals surface area contributed by atoms with Gasteiger partial charge in [-0.1, -0.05) is 92.9 Å². The van der Waals surface area contributed by atoms with Crippen LogP contribution in [0.5, 0.6) is 0 Å². The van der Waals surface area contributed by atoms with Crippen LogP contribution in [-0.4, -0.2) is 0 Å². The molecule has 142 valence electrons. The lowest BCUT2D eigenvalue weighted by molar-refractivity contribution is 0.260. The third kappa shape index (κ3) is 6.38. The van der Waals surface area contributed by atoms with Crippen LogP contribution in [0.1, 0.15) is 106 Å². The Balaban J connectivity index is 1.88. The van der Waals surface area contributed by atoms with Crippen LogP contribution in [-0.2, 0) is 0 Å². The fourth-order valence-corrected chi connectivity index (χ4v) is 5.07. The van der Waals surface area contributed by atoms with E-state index < -0.39 is 0 Å². The largest absolute Gasteiger partial charge is 0.0623 e. The van der Waals surface area contributed by atoms with Crippen molar-refractivity contribution in [1.29, 1.82) is 0 Å². The quantitative estimate of drug-likeness (QED) is 0.421. The van der Waals surface area contributed by atoms with E-state index in [-0.39, 0.29) is 0 Å². The summed E-state index contributed by atoms with van der Waals surface area (Å²) in [5.74, 6) is 7.74. The number of rotatable bonds is 0. The maximum absolute atomic E-state index is 2.53. The Hall–Kier alpha value is 0. The van der Waals surface area contributed by atoms with E-state index in [0.717, 1.165) is 47.3 Å². The molecule has 2 fully saturated rings. The van der Waals surface area contributed by atoms with Gasteiger partial charge in [0.25, 0.3) is 0 Å². The molecule has 2 saturated carbocycles. The molecular formula is C24H46. The van der Waals surface area contributed by atoms with Gasteiger partial charge in [0.15, 0.2) is 0 Å². The van der Waals surface area contributed by atoms with Gasteiger partial charge < -0.3 is 0 Å². The topological polar surface area (TPSA) is 0 Å². The van der Waals surface area contributed by atoms with Crippen LogP contribution in [0.4, 0.5) is 0 Å². The average molecular weight is 335 g/mol. The Morgan fingerprint density at radius 3 is 1.33 bits per heavy atom. The van der Waals surface area contributed by atoms with E-state index in [0.29, 0.717) is 0 Å². The molecular weight excluding hydrogens is 288 g/mol. The van der Waals surface area contributed by atoms with Gasteiger partial charge in [0.2, 0.25) is 0 Å². The molecule has 0 aliphatic heterocycles. The molecule has 8 atom stereocenters. The molecule has 0 saturated heterocycles. The summed E-state index contributed by atoms with van der Waals surface area (Å²) >= 11 is 0. The van der Waals surface area contributed by atoms with E-state index in [1.165, 1.54) is 57.8 Å². The van der Waals surface area contributed by atoms with Crippen molar-refractivity contribution in [2.75, 3.05) is 0 Å². The molecule has 0 amide bonds. The highest BCUT2D eigenvalue weighted by Crippen LogP contribution is 2.48. The molecule has 2 aliphatic rings. The smallest absolute Gasteiger partial charge is 0.0380 e. The Bertz CT molecular complexity index is 346. The molecule has 0 nitrogen and oxygen atoms in total. The van der Waals surface area contributed by atoms with Crippen molar-refractivity contribution in [2.24, 2.45) is 47.3 Å². The van der Waals surface area contributed by atoms with Gasteiger partial charge in [-0.2, -0.15) is 0 Å². The minimum absolute atomic E-state index is 0.914. The van der Waals surface area contributed by atoms with E-state index in [4.69, 9.17) is 0 Å². The lowest BCUT2D eigenvalue weighted by Gasteiger charge is -2.25. The normalized spacial score (nSPS) is 46.8. The molecule has 2 rings (SSSR count). The maximum atomic E-state index is 2.53. The first-order valence-corrected chi connectivity index (χ1v) is 11.4. The van der Waals surface area contributed by atoms with Crippen molar-refractivity contribution in [3.05, 3.63) is 0 Å². The summed E-state index contributed by atoms with van der Waals surface area (Å²) in [5.41, 5.74) is 0. The molecule has 0 aromatic heterocycles. The van der Waals surface area contributed by atoms with Crippen molar-refractivity contribution >= 4 is 0 Å². The third-order valence-electron chi connectivity index (χ3n) is 8.29. The molecule has 0 radical (unpaired) electrons. The summed E-state index contributed by atoms with van der Waals surface area (Å²) in [5, 5.41) is 0. The summed E-state index contributed by atoms with van der Waals surface area (Å²) in [6.07, 6.45) is 14.8. The Morgan fingerprint density at radius 1 is 0.375 bits per heavy atom. The summed E-state index contributed by atoms with van der Waals surface area (Å²) in [6.45, 7) is 15.1. The standard InChI is InChI=1S/C24H46/c1-17-9-7-10-19(3)20(4)13-14-21(5)22(6)15-24-16-23(24)12-8-11-18(17)2/h17-24H,7-16H2,1-6H3. The maximum Gasteiger partial charge on any atom is -0.0380 e. The number of hydrogen-bond donors (Lipinski definition) is 0. The van der Waals surface area contributed by atoms with Crippen molar-refractivity contribution in [3.8, 4) is 0 Å². The van der Waals surface area contributed by atoms with Gasteiger partial charge in [-0.3, -0.25) is 0 Å². The highest BCUT2D eigenvalue weighted by atomic mass is 14.4. The van der Waals surface area contributed by atoms with Gasteiger partial charge in [0.1, 0.15) is 0 Å². The van der Waals surface area contributed by atoms with E-state index in [1.807, 2.05) is 0 Å². The van der Waals surface area contributed by atoms with Crippen molar-refractivity contribution < 1.29 is 0 Å². The highest BCUT2D eigenvalue weighted by molar-refractivity contribution is 4.88. The first-order chi connectivity index (χ1) is 11.4. The molecule has 0 aromatic carbocycles. The average Bonchev–Trinajstić information content (AvgIpc) is 3.28. The van der Waals surface area contributed by atoms with Crippen LogP contribution in [0.2, 0.25) is 0 Å². The summed E-state index contributed by atoms with van der Waals surface area (Å²) in [4.78, 5) is 0. The molecule has 8 unspecified atom stereocenters. The SMILES string of the molecule is CC1CCCC(C)C(C)CCC(C)C(C)CC2CC2CCCC1C. The van der Waals surface area contributed by atoms with Gasteiger partial charge in [-0.05, 0) is 60.2 Å². The van der Waals surface area contributed by atoms with Gasteiger partial charge >= 0.3 is 0 Å². The zero-order chi connectivity index (χ0) is 17.7. The molecule has 0 heteroatoms. The van der Waals surface area contributed by atoms with Gasteiger partial charge in [0, 0.05) is 0 Å². The molecule has 2 aliphatic carbocycles. The predicted molar refractivity (Wildman–Crippen MR) is 108 cm³/mol. The third-order valence-corrected chi connectivity index (χ3v) is 8.29. The minimum Gasteiger partial charge on any atom is -0.0623 e. The number of hydrogen-bond acceptors (Lipinski definition) is 0. The van der Waals surface area contributed by atoms with E-state index in [1.54, 1.807) is 6.42 Å². The van der Waals surface area contributed by atoms with Crippen LogP contribution in [0.25, 0.3) is 0 Å². The zero-order valence-electron chi connectivity index (χ0n) is 17.7. The Labute approximate surface area is 153 Å². The van der Waals surface area contributed by atoms with Crippen molar-refractivity contribution in [3.63, 3.8) is 0 Å². The van der Waals surface area contributed by atoms with E-state index in [9.17, 15) is 0 Å². The van der Waals surface area contributed by atoms with Crippen LogP contribution < -0.4 is 0 Å². The Kier molecular flexibility index (Phi) is 8.15. The lowest BCUT2D eigenvalue weighted by Crippen LogP contribution is -2.14. The molecule has 0 aromatic rings. The van der Waals surface area contributed by atoms with Gasteiger partial charge in [-0.25, -0.2) is 0 Å². The first-order valence-electron chi connectivity index (χ1n) is 11.4. The summed E-state index contributed by atoms with van der Waals surface area (Å²) in [7, 11) is 0.